The molecular formula is C43H30Cl2O7. The van der Waals surface area contributed by atoms with Crippen molar-refractivity contribution in [1.29, 1.82) is 0 Å². The zero-order valence-corrected chi connectivity index (χ0v) is 29.0. The highest BCUT2D eigenvalue weighted by atomic mass is 35.5. The van der Waals surface area contributed by atoms with Gasteiger partial charge in [-0.15, -0.1) is 0 Å². The summed E-state index contributed by atoms with van der Waals surface area (Å²) in [6, 6.07) is 39.0. The first-order chi connectivity index (χ1) is 25.3. The molecule has 0 aliphatic heterocycles. The minimum Gasteiger partial charge on any atom is -0.504 e. The van der Waals surface area contributed by atoms with Gasteiger partial charge < -0.3 is 24.1 Å². The van der Waals surface area contributed by atoms with E-state index in [1.807, 2.05) is 91.0 Å². The lowest BCUT2D eigenvalue weighted by Crippen LogP contribution is -2.20. The minimum absolute atomic E-state index is 0.0257. The van der Waals surface area contributed by atoms with E-state index < -0.39 is 28.6 Å². The van der Waals surface area contributed by atoms with Gasteiger partial charge in [0.15, 0.2) is 17.3 Å². The van der Waals surface area contributed by atoms with Crippen LogP contribution in [0, 0.1) is 0 Å². The maximum Gasteiger partial charge on any atom is 0.344 e. The number of hydrogen-bond donors (Lipinski definition) is 2. The molecule has 0 amide bonds. The quantitative estimate of drug-likeness (QED) is 0.107. The molecule has 2 N–H and O–H groups in total. The van der Waals surface area contributed by atoms with Crippen LogP contribution in [0.4, 0.5) is 0 Å². The monoisotopic (exact) mass is 728 g/mol. The average molecular weight is 730 g/mol. The third kappa shape index (κ3) is 7.10. The molecule has 0 saturated carbocycles. The van der Waals surface area contributed by atoms with Crippen molar-refractivity contribution in [3.05, 3.63) is 187 Å². The molecule has 0 aliphatic carbocycles. The molecule has 0 saturated heterocycles. The molecule has 0 atom stereocenters. The zero-order valence-electron chi connectivity index (χ0n) is 27.5. The molecule has 0 radical (unpaired) electrons. The summed E-state index contributed by atoms with van der Waals surface area (Å²) in [6.07, 6.45) is 0.147. The summed E-state index contributed by atoms with van der Waals surface area (Å²) >= 11 is 12.6. The summed E-state index contributed by atoms with van der Waals surface area (Å²) in [6.45, 7) is 0.0257. The van der Waals surface area contributed by atoms with Crippen molar-refractivity contribution in [2.75, 3.05) is 0 Å². The Morgan fingerprint density at radius 3 is 1.85 bits per heavy atom. The van der Waals surface area contributed by atoms with Gasteiger partial charge in [-0.3, -0.25) is 4.79 Å². The fourth-order valence-corrected chi connectivity index (χ4v) is 6.37. The van der Waals surface area contributed by atoms with Gasteiger partial charge in [0.1, 0.15) is 12.2 Å². The minimum atomic E-state index is -0.972. The number of para-hydroxylation sites is 1. The Kier molecular flexibility index (Phi) is 9.98. The molecule has 0 fully saturated rings. The number of phenolic OH excluding ortho intramolecular Hbond substituents is 2. The molecule has 0 aliphatic rings. The predicted molar refractivity (Wildman–Crippen MR) is 202 cm³/mol. The largest absolute Gasteiger partial charge is 0.504 e. The SMILES string of the molecule is O=C(Oc1c(-c2ccc(Cl)c(Cl)c2)oc2ccccc2c1=O)c1c(Cc2ccccc2)c(O)c(O)c(OCc2ccccc2)c1Cc1ccccc1. The lowest BCUT2D eigenvalue weighted by Gasteiger charge is -2.22. The Labute approximate surface area is 308 Å². The lowest BCUT2D eigenvalue weighted by atomic mass is 9.90. The molecular weight excluding hydrogens is 699 g/mol. The number of hydrogen-bond acceptors (Lipinski definition) is 7. The van der Waals surface area contributed by atoms with E-state index in [4.69, 9.17) is 37.1 Å². The molecule has 7 nitrogen and oxygen atoms in total. The molecule has 6 aromatic carbocycles. The molecule has 7 rings (SSSR count). The van der Waals surface area contributed by atoms with Crippen LogP contribution < -0.4 is 14.9 Å². The molecule has 1 aromatic heterocycles. The third-order valence-corrected chi connectivity index (χ3v) is 9.35. The van der Waals surface area contributed by atoms with Crippen LogP contribution in [-0.4, -0.2) is 16.2 Å². The number of carbonyl (C=O) groups is 1. The highest BCUT2D eigenvalue weighted by Gasteiger charge is 2.32. The van der Waals surface area contributed by atoms with Crippen molar-refractivity contribution in [3.8, 4) is 34.3 Å². The van der Waals surface area contributed by atoms with Crippen LogP contribution in [-0.2, 0) is 19.4 Å². The smallest absolute Gasteiger partial charge is 0.344 e. The first-order valence-electron chi connectivity index (χ1n) is 16.4. The fourth-order valence-electron chi connectivity index (χ4n) is 6.07. The van der Waals surface area contributed by atoms with Crippen molar-refractivity contribution in [3.63, 3.8) is 0 Å². The number of ether oxygens (including phenoxy) is 2. The highest BCUT2D eigenvalue weighted by Crippen LogP contribution is 2.47. The van der Waals surface area contributed by atoms with Crippen LogP contribution in [0.2, 0.25) is 10.0 Å². The second-order valence-corrected chi connectivity index (χ2v) is 12.9. The Balaban J connectivity index is 1.45. The van der Waals surface area contributed by atoms with E-state index in [-0.39, 0.29) is 68.7 Å². The topological polar surface area (TPSA) is 106 Å². The number of phenols is 2. The maximum atomic E-state index is 14.8. The highest BCUT2D eigenvalue weighted by molar-refractivity contribution is 6.42. The Morgan fingerprint density at radius 1 is 0.635 bits per heavy atom. The number of halogens is 2. The Hall–Kier alpha value is -6.02. The van der Waals surface area contributed by atoms with Crippen LogP contribution in [0.3, 0.4) is 0 Å². The van der Waals surface area contributed by atoms with Crippen LogP contribution >= 0.6 is 23.2 Å². The van der Waals surface area contributed by atoms with E-state index in [1.54, 1.807) is 36.4 Å². The summed E-state index contributed by atoms with van der Waals surface area (Å²) in [7, 11) is 0. The molecule has 1 heterocycles. The number of rotatable bonds is 10. The fraction of sp³-hybridized carbons (Fsp3) is 0.0698. The van der Waals surface area contributed by atoms with Gasteiger partial charge in [0.05, 0.1) is 21.0 Å². The van der Waals surface area contributed by atoms with Crippen LogP contribution in [0.1, 0.15) is 38.2 Å². The summed E-state index contributed by atoms with van der Waals surface area (Å²) < 4.78 is 18.5. The van der Waals surface area contributed by atoms with Crippen molar-refractivity contribution < 1.29 is 28.9 Å². The van der Waals surface area contributed by atoms with Gasteiger partial charge in [0, 0.05) is 29.5 Å². The van der Waals surface area contributed by atoms with Gasteiger partial charge in [-0.05, 0) is 47.0 Å². The zero-order chi connectivity index (χ0) is 36.2. The van der Waals surface area contributed by atoms with E-state index in [0.717, 1.165) is 16.7 Å². The number of benzene rings is 6. The number of aromatic hydroxyl groups is 2. The van der Waals surface area contributed by atoms with E-state index in [9.17, 15) is 19.8 Å². The van der Waals surface area contributed by atoms with Gasteiger partial charge in [-0.25, -0.2) is 4.79 Å². The predicted octanol–water partition coefficient (Wildman–Crippen LogP) is 10.2. The lowest BCUT2D eigenvalue weighted by molar-refractivity contribution is 0.0728. The normalized spacial score (nSPS) is 11.0. The summed E-state index contributed by atoms with van der Waals surface area (Å²) in [5.74, 6) is -2.58. The van der Waals surface area contributed by atoms with Crippen LogP contribution in [0.25, 0.3) is 22.3 Å². The first kappa shape index (κ1) is 34.4. The van der Waals surface area contributed by atoms with Gasteiger partial charge in [0.25, 0.3) is 0 Å². The Morgan fingerprint density at radius 2 is 1.21 bits per heavy atom. The molecule has 52 heavy (non-hydrogen) atoms. The van der Waals surface area contributed by atoms with Crippen LogP contribution in [0.15, 0.2) is 143 Å². The van der Waals surface area contributed by atoms with E-state index in [1.165, 1.54) is 6.07 Å². The van der Waals surface area contributed by atoms with Crippen molar-refractivity contribution >= 4 is 40.1 Å². The number of carbonyl (C=O) groups excluding carboxylic acids is 1. The van der Waals surface area contributed by atoms with Crippen molar-refractivity contribution in [2.24, 2.45) is 0 Å². The van der Waals surface area contributed by atoms with Gasteiger partial charge in [-0.1, -0.05) is 126 Å². The van der Waals surface area contributed by atoms with E-state index >= 15 is 0 Å². The van der Waals surface area contributed by atoms with Crippen LogP contribution in [0.5, 0.6) is 23.0 Å². The maximum absolute atomic E-state index is 14.8. The van der Waals surface area contributed by atoms with Crippen molar-refractivity contribution in [1.82, 2.24) is 0 Å². The molecule has 258 valence electrons. The summed E-state index contributed by atoms with van der Waals surface area (Å²) in [4.78, 5) is 29.0. The van der Waals surface area contributed by atoms with E-state index in [2.05, 4.69) is 0 Å². The average Bonchev–Trinajstić information content (AvgIpc) is 3.17. The second-order valence-electron chi connectivity index (χ2n) is 12.1. The van der Waals surface area contributed by atoms with Gasteiger partial charge >= 0.3 is 5.97 Å². The number of esters is 1. The summed E-state index contributed by atoms with van der Waals surface area (Å²) in [5.41, 5.74) is 2.62. The molecule has 0 bridgehead atoms. The molecule has 0 spiro atoms. The van der Waals surface area contributed by atoms with Crippen molar-refractivity contribution in [2.45, 2.75) is 19.4 Å². The van der Waals surface area contributed by atoms with Gasteiger partial charge in [-0.2, -0.15) is 0 Å². The molecule has 0 unspecified atom stereocenters. The molecule has 7 aromatic rings. The standard InChI is InChI=1S/C43H30Cl2O7/c44-33-21-20-29(24-34(33)45)40-42(38(47)30-18-10-11-19-35(30)51-40)52-43(49)36-31(22-26-12-4-1-5-13-26)37(46)39(48)41(50-25-28-16-8-3-9-17-28)32(36)23-27-14-6-2-7-15-27/h1-21,24,46,48H,22-23,25H2. The Bertz CT molecular complexity index is 2460. The molecule has 9 heteroatoms. The number of fused-ring (bicyclic) bond motifs is 1. The summed E-state index contributed by atoms with van der Waals surface area (Å²) in [5, 5.41) is 23.9. The first-order valence-corrected chi connectivity index (χ1v) is 17.1. The van der Waals surface area contributed by atoms with E-state index in [0.29, 0.717) is 5.56 Å². The third-order valence-electron chi connectivity index (χ3n) is 8.61. The van der Waals surface area contributed by atoms with Gasteiger partial charge in [0.2, 0.25) is 16.9 Å². The second kappa shape index (κ2) is 15.1.